The van der Waals surface area contributed by atoms with Crippen molar-refractivity contribution in [2.75, 3.05) is 32.7 Å². The Balaban J connectivity index is 2.49. The lowest BCUT2D eigenvalue weighted by Gasteiger charge is -2.19. The van der Waals surface area contributed by atoms with E-state index in [1.54, 1.807) is 11.3 Å². The van der Waals surface area contributed by atoms with Crippen molar-refractivity contribution >= 4 is 17.3 Å². The van der Waals surface area contributed by atoms with E-state index in [1.165, 1.54) is 4.88 Å². The maximum absolute atomic E-state index is 4.61. The van der Waals surface area contributed by atoms with E-state index in [9.17, 15) is 0 Å². The molecule has 0 aliphatic carbocycles. The fourth-order valence-electron chi connectivity index (χ4n) is 1.97. The van der Waals surface area contributed by atoms with Crippen LogP contribution in [0.3, 0.4) is 0 Å². The first kappa shape index (κ1) is 17.9. The maximum atomic E-state index is 4.61. The van der Waals surface area contributed by atoms with Gasteiger partial charge in [0.1, 0.15) is 5.01 Å². The highest BCUT2D eigenvalue weighted by molar-refractivity contribution is 7.11. The molecule has 1 aromatic heterocycles. The highest BCUT2D eigenvalue weighted by atomic mass is 32.1. The number of thiazole rings is 1. The molecule has 0 bridgehead atoms. The van der Waals surface area contributed by atoms with Crippen LogP contribution in [-0.2, 0) is 6.54 Å². The van der Waals surface area contributed by atoms with Gasteiger partial charge in [-0.05, 0) is 33.9 Å². The number of hydrogen-bond acceptors (Lipinski definition) is 4. The summed E-state index contributed by atoms with van der Waals surface area (Å²) in [7, 11) is 0. The largest absolute Gasteiger partial charge is 0.357 e. The van der Waals surface area contributed by atoms with Crippen LogP contribution in [0.15, 0.2) is 4.99 Å². The van der Waals surface area contributed by atoms with Crippen LogP contribution in [0.25, 0.3) is 0 Å². The standard InChI is InChI=1S/C15H29N5S/c1-6-16-15(17-9-10-20(7-2)8-3)18-11-14-19-12(4)13(5)21-14/h6-11H2,1-5H3,(H2,16,17,18). The van der Waals surface area contributed by atoms with Gasteiger partial charge in [-0.25, -0.2) is 9.98 Å². The second-order valence-corrected chi connectivity index (χ2v) is 6.19. The number of guanidine groups is 1. The minimum atomic E-state index is 0.639. The molecule has 1 aromatic rings. The molecule has 0 spiro atoms. The van der Waals surface area contributed by atoms with Gasteiger partial charge >= 0.3 is 0 Å². The van der Waals surface area contributed by atoms with E-state index in [1.807, 2.05) is 6.92 Å². The Bertz CT molecular complexity index is 418. The van der Waals surface area contributed by atoms with Gasteiger partial charge in [0.2, 0.25) is 0 Å². The van der Waals surface area contributed by atoms with Crippen LogP contribution >= 0.6 is 11.3 Å². The zero-order valence-corrected chi connectivity index (χ0v) is 14.8. The SMILES string of the molecule is CCNC(=NCc1nc(C)c(C)s1)NCCN(CC)CC. The van der Waals surface area contributed by atoms with Gasteiger partial charge in [0, 0.05) is 24.5 Å². The lowest BCUT2D eigenvalue weighted by Crippen LogP contribution is -2.41. The van der Waals surface area contributed by atoms with Crippen LogP contribution < -0.4 is 10.6 Å². The predicted molar refractivity (Wildman–Crippen MR) is 92.2 cm³/mol. The highest BCUT2D eigenvalue weighted by Gasteiger charge is 2.04. The molecule has 0 saturated heterocycles. The first-order valence-corrected chi connectivity index (χ1v) is 8.59. The summed E-state index contributed by atoms with van der Waals surface area (Å²) in [6.07, 6.45) is 0. The molecule has 0 aliphatic rings. The van der Waals surface area contributed by atoms with Crippen molar-refractivity contribution in [3.8, 4) is 0 Å². The van der Waals surface area contributed by atoms with Crippen LogP contribution in [0.1, 0.15) is 36.3 Å². The fraction of sp³-hybridized carbons (Fsp3) is 0.733. The van der Waals surface area contributed by atoms with E-state index < -0.39 is 0 Å². The van der Waals surface area contributed by atoms with E-state index >= 15 is 0 Å². The maximum Gasteiger partial charge on any atom is 0.191 e. The van der Waals surface area contributed by atoms with Crippen molar-refractivity contribution in [3.63, 3.8) is 0 Å². The molecule has 0 fully saturated rings. The number of nitrogens with one attached hydrogen (secondary N) is 2. The smallest absolute Gasteiger partial charge is 0.191 e. The van der Waals surface area contributed by atoms with Gasteiger partial charge in [-0.1, -0.05) is 13.8 Å². The topological polar surface area (TPSA) is 52.6 Å². The van der Waals surface area contributed by atoms with Crippen molar-refractivity contribution in [1.29, 1.82) is 0 Å². The summed E-state index contributed by atoms with van der Waals surface area (Å²) >= 11 is 1.73. The van der Waals surface area contributed by atoms with Crippen LogP contribution in [0.2, 0.25) is 0 Å². The lowest BCUT2D eigenvalue weighted by atomic mass is 10.4. The molecule has 2 N–H and O–H groups in total. The molecule has 0 radical (unpaired) electrons. The van der Waals surface area contributed by atoms with Gasteiger partial charge in [0.05, 0.1) is 12.2 Å². The van der Waals surface area contributed by atoms with E-state index in [-0.39, 0.29) is 0 Å². The lowest BCUT2D eigenvalue weighted by molar-refractivity contribution is 0.308. The average Bonchev–Trinajstić information content (AvgIpc) is 2.79. The Kier molecular flexibility index (Phi) is 8.30. The number of likely N-dealkylation sites (N-methyl/N-ethyl adjacent to an activating group) is 1. The molecule has 0 unspecified atom stereocenters. The Morgan fingerprint density at radius 2 is 1.90 bits per heavy atom. The summed E-state index contributed by atoms with van der Waals surface area (Å²) in [5.74, 6) is 0.871. The Labute approximate surface area is 132 Å². The second-order valence-electron chi connectivity index (χ2n) is 4.90. The predicted octanol–water partition coefficient (Wildman–Crippen LogP) is 2.16. The molecule has 0 amide bonds. The number of nitrogens with zero attached hydrogens (tertiary/aromatic N) is 3. The molecule has 0 aromatic carbocycles. The van der Waals surface area contributed by atoms with Crippen molar-refractivity contribution < 1.29 is 0 Å². The molecular weight excluding hydrogens is 282 g/mol. The molecular formula is C15H29N5S. The van der Waals surface area contributed by atoms with E-state index in [4.69, 9.17) is 0 Å². The zero-order chi connectivity index (χ0) is 15.7. The van der Waals surface area contributed by atoms with E-state index in [0.717, 1.165) is 49.4 Å². The molecule has 120 valence electrons. The van der Waals surface area contributed by atoms with Crippen LogP contribution in [0.5, 0.6) is 0 Å². The number of aryl methyl sites for hydroxylation is 2. The van der Waals surface area contributed by atoms with E-state index in [2.05, 4.69) is 53.2 Å². The van der Waals surface area contributed by atoms with Gasteiger partial charge in [0.25, 0.3) is 0 Å². The number of aromatic nitrogens is 1. The molecule has 0 aliphatic heterocycles. The van der Waals surface area contributed by atoms with Gasteiger partial charge in [-0.15, -0.1) is 11.3 Å². The summed E-state index contributed by atoms with van der Waals surface area (Å²) in [5, 5.41) is 7.74. The van der Waals surface area contributed by atoms with Crippen molar-refractivity contribution in [2.24, 2.45) is 4.99 Å². The quantitative estimate of drug-likeness (QED) is 0.570. The minimum Gasteiger partial charge on any atom is -0.357 e. The normalized spacial score (nSPS) is 12.0. The summed E-state index contributed by atoms with van der Waals surface area (Å²) in [6.45, 7) is 16.2. The summed E-state index contributed by atoms with van der Waals surface area (Å²) in [6, 6.07) is 0. The third-order valence-electron chi connectivity index (χ3n) is 3.40. The van der Waals surface area contributed by atoms with Crippen LogP contribution in [-0.4, -0.2) is 48.6 Å². The van der Waals surface area contributed by atoms with Crippen LogP contribution in [0.4, 0.5) is 0 Å². The molecule has 6 heteroatoms. The van der Waals surface area contributed by atoms with Crippen molar-refractivity contribution in [1.82, 2.24) is 20.5 Å². The molecule has 5 nitrogen and oxygen atoms in total. The Morgan fingerprint density at radius 3 is 2.43 bits per heavy atom. The van der Waals surface area contributed by atoms with Crippen molar-refractivity contribution in [3.05, 3.63) is 15.6 Å². The number of rotatable bonds is 8. The summed E-state index contributed by atoms with van der Waals surface area (Å²) in [4.78, 5) is 12.8. The number of aliphatic imine (C=N–C) groups is 1. The molecule has 0 atom stereocenters. The summed E-state index contributed by atoms with van der Waals surface area (Å²) in [5.41, 5.74) is 1.12. The first-order chi connectivity index (χ1) is 10.1. The highest BCUT2D eigenvalue weighted by Crippen LogP contribution is 2.16. The minimum absolute atomic E-state index is 0.639. The molecule has 0 saturated carbocycles. The number of hydrogen-bond donors (Lipinski definition) is 2. The van der Waals surface area contributed by atoms with Crippen LogP contribution in [0, 0.1) is 13.8 Å². The average molecular weight is 311 g/mol. The molecule has 21 heavy (non-hydrogen) atoms. The van der Waals surface area contributed by atoms with Gasteiger partial charge in [0.15, 0.2) is 5.96 Å². The zero-order valence-electron chi connectivity index (χ0n) is 14.0. The van der Waals surface area contributed by atoms with Crippen molar-refractivity contribution in [2.45, 2.75) is 41.2 Å². The van der Waals surface area contributed by atoms with Gasteiger partial charge in [-0.2, -0.15) is 0 Å². The summed E-state index contributed by atoms with van der Waals surface area (Å²) < 4.78 is 0. The van der Waals surface area contributed by atoms with Gasteiger partial charge < -0.3 is 15.5 Å². The second kappa shape index (κ2) is 9.73. The molecule has 1 rings (SSSR count). The third kappa shape index (κ3) is 6.44. The van der Waals surface area contributed by atoms with E-state index in [0.29, 0.717) is 6.54 Å². The fourth-order valence-corrected chi connectivity index (χ4v) is 2.83. The molecule has 1 heterocycles. The Morgan fingerprint density at radius 1 is 1.19 bits per heavy atom. The monoisotopic (exact) mass is 311 g/mol. The Hall–Kier alpha value is -1.14. The van der Waals surface area contributed by atoms with Gasteiger partial charge in [-0.3, -0.25) is 0 Å². The first-order valence-electron chi connectivity index (χ1n) is 7.78. The third-order valence-corrected chi connectivity index (χ3v) is 4.46.